The summed E-state index contributed by atoms with van der Waals surface area (Å²) in [4.78, 5) is 12.5. The molecule has 0 saturated carbocycles. The Balaban J connectivity index is 2.34. The Morgan fingerprint density at radius 3 is 2.72 bits per heavy atom. The second-order valence-corrected chi connectivity index (χ2v) is 4.32. The fourth-order valence-corrected chi connectivity index (χ4v) is 1.97. The Labute approximate surface area is 111 Å². The van der Waals surface area contributed by atoms with E-state index in [0.717, 1.165) is 24.2 Å². The Morgan fingerprint density at radius 2 is 2.06 bits per heavy atom. The molecule has 0 saturated heterocycles. The van der Waals surface area contributed by atoms with Crippen LogP contribution in [0.1, 0.15) is 30.6 Å². The van der Waals surface area contributed by atoms with Crippen molar-refractivity contribution < 1.29 is 0 Å². The van der Waals surface area contributed by atoms with Gasteiger partial charge in [0, 0.05) is 24.8 Å². The Hall–Kier alpha value is -1.52. The number of aromatic nitrogens is 3. The van der Waals surface area contributed by atoms with Crippen LogP contribution < -0.4 is 5.32 Å². The van der Waals surface area contributed by atoms with Crippen molar-refractivity contribution in [3.05, 3.63) is 53.3 Å². The second kappa shape index (κ2) is 6.42. The first-order valence-corrected chi connectivity index (χ1v) is 6.29. The van der Waals surface area contributed by atoms with Crippen molar-refractivity contribution in [1.82, 2.24) is 20.3 Å². The third kappa shape index (κ3) is 3.03. The molecule has 5 heteroatoms. The molecule has 0 aliphatic heterocycles. The maximum absolute atomic E-state index is 6.20. The molecule has 4 nitrogen and oxygen atoms in total. The topological polar surface area (TPSA) is 50.7 Å². The van der Waals surface area contributed by atoms with E-state index in [1.807, 2.05) is 6.07 Å². The van der Waals surface area contributed by atoms with E-state index in [2.05, 4.69) is 27.2 Å². The average molecular weight is 263 g/mol. The van der Waals surface area contributed by atoms with Crippen LogP contribution in [0.2, 0.25) is 5.02 Å². The monoisotopic (exact) mass is 262 g/mol. The fraction of sp³-hybridized carbons (Fsp3) is 0.308. The highest BCUT2D eigenvalue weighted by Gasteiger charge is 2.17. The summed E-state index contributed by atoms with van der Waals surface area (Å²) in [6.45, 7) is 3.01. The molecule has 0 spiro atoms. The van der Waals surface area contributed by atoms with Crippen molar-refractivity contribution in [1.29, 1.82) is 0 Å². The number of nitrogens with one attached hydrogen (secondary N) is 1. The lowest BCUT2D eigenvalue weighted by Crippen LogP contribution is -2.24. The van der Waals surface area contributed by atoms with Gasteiger partial charge in [-0.3, -0.25) is 15.0 Å². The minimum Gasteiger partial charge on any atom is -0.305 e. The minimum atomic E-state index is -0.0471. The molecule has 2 rings (SSSR count). The Morgan fingerprint density at radius 1 is 1.22 bits per heavy atom. The molecule has 2 aromatic rings. The summed E-state index contributed by atoms with van der Waals surface area (Å²) in [6.07, 6.45) is 9.52. The van der Waals surface area contributed by atoms with Gasteiger partial charge in [0.05, 0.1) is 23.0 Å². The number of hydrogen-bond donors (Lipinski definition) is 1. The van der Waals surface area contributed by atoms with Crippen LogP contribution in [-0.4, -0.2) is 21.5 Å². The van der Waals surface area contributed by atoms with Crippen LogP contribution in [0.3, 0.4) is 0 Å². The zero-order valence-corrected chi connectivity index (χ0v) is 10.9. The molecule has 1 atom stereocenters. The highest BCUT2D eigenvalue weighted by molar-refractivity contribution is 6.31. The molecule has 2 aromatic heterocycles. The van der Waals surface area contributed by atoms with Gasteiger partial charge in [0.25, 0.3) is 0 Å². The third-order valence-corrected chi connectivity index (χ3v) is 2.91. The van der Waals surface area contributed by atoms with E-state index in [0.29, 0.717) is 5.02 Å². The van der Waals surface area contributed by atoms with Crippen LogP contribution in [0.4, 0.5) is 0 Å². The first-order valence-electron chi connectivity index (χ1n) is 5.91. The van der Waals surface area contributed by atoms with Gasteiger partial charge in [-0.25, -0.2) is 0 Å². The molecule has 2 heterocycles. The zero-order valence-electron chi connectivity index (χ0n) is 10.2. The summed E-state index contributed by atoms with van der Waals surface area (Å²) < 4.78 is 0. The Bertz CT molecular complexity index is 489. The van der Waals surface area contributed by atoms with Crippen LogP contribution in [0.5, 0.6) is 0 Å². The van der Waals surface area contributed by atoms with Crippen molar-refractivity contribution in [3.63, 3.8) is 0 Å². The van der Waals surface area contributed by atoms with E-state index in [4.69, 9.17) is 11.6 Å². The summed E-state index contributed by atoms with van der Waals surface area (Å²) >= 11 is 6.20. The SMILES string of the molecule is CCCNC(c1cnccn1)c1ccncc1Cl. The van der Waals surface area contributed by atoms with Crippen molar-refractivity contribution in [3.8, 4) is 0 Å². The lowest BCUT2D eigenvalue weighted by atomic mass is 10.1. The molecule has 18 heavy (non-hydrogen) atoms. The molecular formula is C13H15ClN4. The van der Waals surface area contributed by atoms with Crippen molar-refractivity contribution in [2.45, 2.75) is 19.4 Å². The molecular weight excluding hydrogens is 248 g/mol. The van der Waals surface area contributed by atoms with Gasteiger partial charge in [0.1, 0.15) is 0 Å². The summed E-state index contributed by atoms with van der Waals surface area (Å²) in [7, 11) is 0. The standard InChI is InChI=1S/C13H15ClN4/c1-2-4-18-13(12-9-16-6-7-17-12)10-3-5-15-8-11(10)14/h3,5-9,13,18H,2,4H2,1H3. The van der Waals surface area contributed by atoms with Gasteiger partial charge in [-0.2, -0.15) is 0 Å². The maximum atomic E-state index is 6.20. The smallest absolute Gasteiger partial charge is 0.0802 e. The summed E-state index contributed by atoms with van der Waals surface area (Å²) in [5.74, 6) is 0. The van der Waals surface area contributed by atoms with Gasteiger partial charge < -0.3 is 5.32 Å². The lowest BCUT2D eigenvalue weighted by molar-refractivity contribution is 0.584. The zero-order chi connectivity index (χ0) is 12.8. The molecule has 0 amide bonds. The largest absolute Gasteiger partial charge is 0.305 e. The van der Waals surface area contributed by atoms with Gasteiger partial charge in [0.15, 0.2) is 0 Å². The van der Waals surface area contributed by atoms with E-state index in [-0.39, 0.29) is 6.04 Å². The van der Waals surface area contributed by atoms with E-state index in [9.17, 15) is 0 Å². The summed E-state index contributed by atoms with van der Waals surface area (Å²) in [6, 6.07) is 1.86. The van der Waals surface area contributed by atoms with Crippen molar-refractivity contribution in [2.24, 2.45) is 0 Å². The molecule has 0 aliphatic carbocycles. The maximum Gasteiger partial charge on any atom is 0.0802 e. The van der Waals surface area contributed by atoms with Crippen LogP contribution in [0, 0.1) is 0 Å². The van der Waals surface area contributed by atoms with E-state index in [1.165, 1.54) is 0 Å². The number of halogens is 1. The molecule has 0 bridgehead atoms. The molecule has 0 aliphatic rings. The second-order valence-electron chi connectivity index (χ2n) is 3.91. The van der Waals surface area contributed by atoms with Gasteiger partial charge in [-0.1, -0.05) is 18.5 Å². The highest BCUT2D eigenvalue weighted by atomic mass is 35.5. The van der Waals surface area contributed by atoms with Crippen LogP contribution in [0.15, 0.2) is 37.1 Å². The van der Waals surface area contributed by atoms with Crippen molar-refractivity contribution >= 4 is 11.6 Å². The van der Waals surface area contributed by atoms with E-state index < -0.39 is 0 Å². The number of hydrogen-bond acceptors (Lipinski definition) is 4. The highest BCUT2D eigenvalue weighted by Crippen LogP contribution is 2.25. The predicted octanol–water partition coefficient (Wildman–Crippen LogP) is 2.61. The Kier molecular flexibility index (Phi) is 4.61. The average Bonchev–Trinajstić information content (AvgIpc) is 2.42. The van der Waals surface area contributed by atoms with Gasteiger partial charge in [-0.15, -0.1) is 0 Å². The lowest BCUT2D eigenvalue weighted by Gasteiger charge is -2.18. The molecule has 1 unspecified atom stereocenters. The van der Waals surface area contributed by atoms with E-state index >= 15 is 0 Å². The normalized spacial score (nSPS) is 12.3. The molecule has 1 N–H and O–H groups in total. The number of pyridine rings is 1. The molecule has 0 aromatic carbocycles. The summed E-state index contributed by atoms with van der Waals surface area (Å²) in [5.41, 5.74) is 1.83. The number of rotatable bonds is 5. The first kappa shape index (κ1) is 12.9. The minimum absolute atomic E-state index is 0.0471. The van der Waals surface area contributed by atoms with Gasteiger partial charge in [0.2, 0.25) is 0 Å². The summed E-state index contributed by atoms with van der Waals surface area (Å²) in [5, 5.41) is 4.06. The van der Waals surface area contributed by atoms with Crippen molar-refractivity contribution in [2.75, 3.05) is 6.54 Å². The van der Waals surface area contributed by atoms with Gasteiger partial charge in [-0.05, 0) is 24.6 Å². The first-order chi connectivity index (χ1) is 8.83. The predicted molar refractivity (Wildman–Crippen MR) is 71.4 cm³/mol. The quantitative estimate of drug-likeness (QED) is 0.900. The number of nitrogens with zero attached hydrogens (tertiary/aromatic N) is 3. The van der Waals surface area contributed by atoms with Crippen LogP contribution in [-0.2, 0) is 0 Å². The van der Waals surface area contributed by atoms with Gasteiger partial charge >= 0.3 is 0 Å². The van der Waals surface area contributed by atoms with Crippen LogP contribution in [0.25, 0.3) is 0 Å². The fourth-order valence-electron chi connectivity index (χ4n) is 1.74. The van der Waals surface area contributed by atoms with E-state index in [1.54, 1.807) is 31.0 Å². The molecule has 94 valence electrons. The van der Waals surface area contributed by atoms with Crippen LogP contribution >= 0.6 is 11.6 Å². The third-order valence-electron chi connectivity index (χ3n) is 2.59. The molecule has 0 radical (unpaired) electrons. The molecule has 0 fully saturated rings.